The lowest BCUT2D eigenvalue weighted by Crippen LogP contribution is -2.50. The molecule has 89 heavy (non-hydrogen) atoms. The van der Waals surface area contributed by atoms with Crippen LogP contribution in [0.1, 0.15) is 111 Å². The summed E-state index contributed by atoms with van der Waals surface area (Å²) in [5.41, 5.74) is 8.11. The molecule has 0 aliphatic carbocycles. The monoisotopic (exact) mass is 1310 g/mol. The lowest BCUT2D eigenvalue weighted by atomic mass is 10.00. The summed E-state index contributed by atoms with van der Waals surface area (Å²) in [5.74, 6) is -6.86. The largest absolute Gasteiger partial charge is 0.508 e. The Morgan fingerprint density at radius 3 is 2.08 bits per heavy atom. The predicted octanol–water partition coefficient (Wildman–Crippen LogP) is 5.22. The van der Waals surface area contributed by atoms with Crippen LogP contribution in [0.25, 0.3) is 43.4 Å². The molecule has 9 aromatic rings. The van der Waals surface area contributed by atoms with Gasteiger partial charge < -0.3 is 57.6 Å². The number of phenolic OH excluding ortho intramolecular Hbond substituents is 1. The molecule has 0 unspecified atom stereocenters. The fraction of sp³-hybridized carbons (Fsp3) is 0.246. The van der Waals surface area contributed by atoms with E-state index in [0.29, 0.717) is 58.7 Å². The van der Waals surface area contributed by atoms with Crippen LogP contribution in [0.5, 0.6) is 5.75 Å². The second kappa shape index (κ2) is 26.3. The smallest absolute Gasteiger partial charge is 0.322 e. The fourth-order valence-corrected chi connectivity index (χ4v) is 15.1. The quantitative estimate of drug-likeness (QED) is 0.0749. The van der Waals surface area contributed by atoms with Crippen molar-refractivity contribution in [2.75, 3.05) is 19.6 Å². The number of phenols is 1. The SMILES string of the molecule is Cc1sc2nc1C(=O)N[C@@H]([C@H](O)c1ccccc1)c1nc(cs1)C(=O)N[C@@H](Cc1ccc(O)cc1)C(=O)N1C[C@H](O)[C@H](C)[C@H]1c1nc(cs1)-c1nc(cs1)-c1nc(-c3nc(C(=O)NCC(=O)NCC(=O)O)cs3)ccc1-c1nc(cs1)C(=O)N[C@H]2CC(N)=O. The average molecular weight is 1320 g/mol. The minimum absolute atomic E-state index is 0.0187. The summed E-state index contributed by atoms with van der Waals surface area (Å²) >= 11 is 6.64. The van der Waals surface area contributed by atoms with E-state index in [1.807, 2.05) is 0 Å². The summed E-state index contributed by atoms with van der Waals surface area (Å²) < 4.78 is 0. The van der Waals surface area contributed by atoms with E-state index in [4.69, 9.17) is 30.8 Å². The maximum atomic E-state index is 15.2. The molecule has 10 bridgehead atoms. The number of nitrogens with two attached hydrogens (primary N) is 1. The number of aliphatic hydroxyl groups excluding tert-OH is 2. The molecule has 456 valence electrons. The number of carboxylic acids is 1. The van der Waals surface area contributed by atoms with Crippen molar-refractivity contribution in [3.8, 4) is 49.1 Å². The molecule has 0 spiro atoms. The van der Waals surface area contributed by atoms with E-state index in [1.54, 1.807) is 79.2 Å². The third-order valence-corrected chi connectivity index (χ3v) is 19.8. The maximum absolute atomic E-state index is 15.2. The van der Waals surface area contributed by atoms with Gasteiger partial charge in [0.05, 0.1) is 36.8 Å². The van der Waals surface area contributed by atoms with E-state index in [-0.39, 0.29) is 57.2 Å². The molecule has 0 radical (unpaired) electrons. The molecule has 2 aromatic carbocycles. The molecule has 7 amide bonds. The number of aromatic nitrogens is 7. The zero-order chi connectivity index (χ0) is 62.8. The third kappa shape index (κ3) is 13.6. The first kappa shape index (κ1) is 61.5. The first-order chi connectivity index (χ1) is 42.7. The van der Waals surface area contributed by atoms with Crippen LogP contribution in [0.3, 0.4) is 0 Å². The van der Waals surface area contributed by atoms with Crippen LogP contribution in [0, 0.1) is 12.8 Å². The normalized spacial score (nSPS) is 19.1. The summed E-state index contributed by atoms with van der Waals surface area (Å²) in [5, 5.41) is 65.3. The first-order valence-electron chi connectivity index (χ1n) is 27.0. The van der Waals surface area contributed by atoms with Crippen LogP contribution in [0.15, 0.2) is 93.6 Å². The zero-order valence-electron chi connectivity index (χ0n) is 46.5. The highest BCUT2D eigenvalue weighted by atomic mass is 32.1. The van der Waals surface area contributed by atoms with Crippen molar-refractivity contribution in [1.82, 2.24) is 66.4 Å². The van der Waals surface area contributed by atoms with Gasteiger partial charge in [-0.15, -0.1) is 68.0 Å². The molecule has 2 aliphatic heterocycles. The molecule has 11 rings (SSSR count). The summed E-state index contributed by atoms with van der Waals surface area (Å²) in [6, 6.07) is 13.4. The highest BCUT2D eigenvalue weighted by molar-refractivity contribution is 7.15. The number of amides is 7. The number of carbonyl (C=O) groups excluding carboxylic acids is 7. The molecular formula is C57H50N14O12S6. The van der Waals surface area contributed by atoms with Crippen molar-refractivity contribution in [3.63, 3.8) is 0 Å². The molecule has 1 saturated heterocycles. The summed E-state index contributed by atoms with van der Waals surface area (Å²) in [4.78, 5) is 142. The molecule has 26 nitrogen and oxygen atoms in total. The van der Waals surface area contributed by atoms with E-state index >= 15 is 4.79 Å². The number of hydrogen-bond donors (Lipinski definition) is 10. The van der Waals surface area contributed by atoms with Crippen molar-refractivity contribution < 1.29 is 58.8 Å². The molecule has 7 aromatic heterocycles. The van der Waals surface area contributed by atoms with E-state index in [2.05, 4.69) is 41.5 Å². The van der Waals surface area contributed by atoms with Crippen molar-refractivity contribution in [1.29, 1.82) is 0 Å². The zero-order valence-corrected chi connectivity index (χ0v) is 51.4. The topological polar surface area (TPSA) is 397 Å². The van der Waals surface area contributed by atoms with E-state index in [0.717, 1.165) is 45.3 Å². The molecular weight excluding hydrogens is 1270 g/mol. The number of hydrogen-bond acceptors (Lipinski definition) is 24. The average Bonchev–Trinajstić information content (AvgIpc) is 1.87. The number of aliphatic carboxylic acids is 1. The minimum Gasteiger partial charge on any atom is -0.508 e. The number of benzene rings is 2. The predicted molar refractivity (Wildman–Crippen MR) is 329 cm³/mol. The van der Waals surface area contributed by atoms with Gasteiger partial charge in [-0.05, 0) is 42.3 Å². The minimum atomic E-state index is -1.43. The molecule has 0 saturated carbocycles. The number of rotatable bonds is 12. The van der Waals surface area contributed by atoms with Gasteiger partial charge in [-0.1, -0.05) is 49.4 Å². The Labute approximate surface area is 528 Å². The fourth-order valence-electron chi connectivity index (χ4n) is 9.79. The van der Waals surface area contributed by atoms with Crippen LogP contribution in [0.2, 0.25) is 0 Å². The Kier molecular flexibility index (Phi) is 18.2. The van der Waals surface area contributed by atoms with Gasteiger partial charge in [-0.25, -0.2) is 34.9 Å². The number of aryl methyl sites for hydroxylation is 1. The van der Waals surface area contributed by atoms with Gasteiger partial charge in [0.25, 0.3) is 23.6 Å². The molecule has 32 heteroatoms. The van der Waals surface area contributed by atoms with E-state index in [1.165, 1.54) is 55.8 Å². The summed E-state index contributed by atoms with van der Waals surface area (Å²) in [6.45, 7) is 2.15. The van der Waals surface area contributed by atoms with Crippen molar-refractivity contribution in [2.45, 2.75) is 63.1 Å². The lowest BCUT2D eigenvalue weighted by molar-refractivity contribution is -0.137. The number of carbonyl (C=O) groups is 8. The Bertz CT molecular complexity index is 4200. The van der Waals surface area contributed by atoms with Gasteiger partial charge >= 0.3 is 5.97 Å². The first-order valence-corrected chi connectivity index (χ1v) is 32.2. The van der Waals surface area contributed by atoms with Gasteiger partial charge in [0.1, 0.15) is 100 Å². The standard InChI is InChI=1S/C57H50N14O12S6/c1-24-38(73)18-71-45(24)56-68-37(23-88-56)53-64-33(19-85-53)43-29(12-13-30(61-43)52-66-34(20-86-52)47(79)60-16-40(75)59-17-41(76)77)51-65-35(21-84-51)48(80)62-31(15-39(58)74)54-70-42(25(2)89-54)50(82)69-44(46(78)27-6-4-3-5-7-27)55-67-36(22-87-55)49(81)63-32(57(71)83)14-26-8-10-28(72)11-9-26/h3-13,19-24,31-32,38,44-46,72-73,78H,14-18H2,1-2H3,(H2,58,74)(H,59,75)(H,60,79)(H,62,80)(H,63,81)(H,69,82)(H,76,77)/t24-,31-,32-,38-,44-,45-,46+/m0/s1. The Balaban J connectivity index is 0.991. The number of fused-ring (bicyclic) bond motifs is 16. The van der Waals surface area contributed by atoms with Gasteiger partial charge in [0.2, 0.25) is 17.7 Å². The number of primary amides is 1. The highest BCUT2D eigenvalue weighted by Gasteiger charge is 2.45. The maximum Gasteiger partial charge on any atom is 0.322 e. The molecule has 2 aliphatic rings. The van der Waals surface area contributed by atoms with E-state index < -0.39 is 109 Å². The lowest BCUT2D eigenvalue weighted by Gasteiger charge is -2.29. The third-order valence-electron chi connectivity index (χ3n) is 14.3. The number of nitrogens with zero attached hydrogens (tertiary/aromatic N) is 8. The van der Waals surface area contributed by atoms with Crippen molar-refractivity contribution in [3.05, 3.63) is 147 Å². The second-order valence-corrected chi connectivity index (χ2v) is 26.0. The number of aromatic hydroxyl groups is 1. The molecule has 11 N–H and O–H groups in total. The second-order valence-electron chi connectivity index (χ2n) is 20.4. The van der Waals surface area contributed by atoms with Crippen LogP contribution in [0.4, 0.5) is 0 Å². The highest BCUT2D eigenvalue weighted by Crippen LogP contribution is 2.43. The van der Waals surface area contributed by atoms with Gasteiger partial charge in [-0.2, -0.15) is 0 Å². The Morgan fingerprint density at radius 1 is 0.674 bits per heavy atom. The number of carboxylic acid groups (broad SMARTS) is 1. The summed E-state index contributed by atoms with van der Waals surface area (Å²) in [6.07, 6.45) is -2.91. The summed E-state index contributed by atoms with van der Waals surface area (Å²) in [7, 11) is 0. The van der Waals surface area contributed by atoms with Crippen molar-refractivity contribution >= 4 is 115 Å². The number of thiazole rings is 6. The van der Waals surface area contributed by atoms with Crippen molar-refractivity contribution in [2.24, 2.45) is 11.7 Å². The van der Waals surface area contributed by atoms with Crippen LogP contribution < -0.4 is 32.3 Å². The molecule has 7 atom stereocenters. The Morgan fingerprint density at radius 2 is 1.33 bits per heavy atom. The van der Waals surface area contributed by atoms with Gasteiger partial charge in [0, 0.05) is 56.2 Å². The van der Waals surface area contributed by atoms with Crippen LogP contribution >= 0.6 is 68.0 Å². The van der Waals surface area contributed by atoms with E-state index in [9.17, 15) is 48.9 Å². The number of nitrogens with one attached hydrogen (secondary N) is 5. The Hall–Kier alpha value is -9.15. The van der Waals surface area contributed by atoms with Crippen LogP contribution in [-0.4, -0.2) is 139 Å². The molecule has 9 heterocycles. The molecule has 1 fully saturated rings. The van der Waals surface area contributed by atoms with Gasteiger partial charge in [-0.3, -0.25) is 38.4 Å². The van der Waals surface area contributed by atoms with Crippen LogP contribution in [-0.2, 0) is 25.6 Å². The van der Waals surface area contributed by atoms with Gasteiger partial charge in [0.15, 0.2) is 0 Å². The number of pyridine rings is 1. The number of aliphatic hydroxyl groups is 2.